The predicted octanol–water partition coefficient (Wildman–Crippen LogP) is 6.49. The van der Waals surface area contributed by atoms with E-state index < -0.39 is 23.2 Å². The number of aldehydes is 1. The number of carbonyl (C=O) groups excluding carboxylic acids is 1. The maximum absolute atomic E-state index is 14.8. The Bertz CT molecular complexity index is 1520. The van der Waals surface area contributed by atoms with E-state index in [0.29, 0.717) is 24.8 Å². The molecule has 0 amide bonds. The summed E-state index contributed by atoms with van der Waals surface area (Å²) in [5.74, 6) is -2.51. The molecule has 5 nitrogen and oxygen atoms in total. The number of nitrogens with one attached hydrogen (secondary N) is 2. The van der Waals surface area contributed by atoms with Gasteiger partial charge in [-0.15, -0.1) is 0 Å². The molecule has 0 spiro atoms. The molecule has 0 aliphatic carbocycles. The fraction of sp³-hybridized carbons (Fsp3) is 0.111. The van der Waals surface area contributed by atoms with Gasteiger partial charge in [-0.05, 0) is 41.8 Å². The Kier molecular flexibility index (Phi) is 6.10. The lowest BCUT2D eigenvalue weighted by Gasteiger charge is -2.10. The summed E-state index contributed by atoms with van der Waals surface area (Å²) in [7, 11) is 0. The molecule has 0 aliphatic rings. The fourth-order valence-corrected chi connectivity index (χ4v) is 4.00. The third-order valence-corrected chi connectivity index (χ3v) is 5.68. The number of aryl methyl sites for hydroxylation is 1. The lowest BCUT2D eigenvalue weighted by molar-refractivity contribution is -0.107. The van der Waals surface area contributed by atoms with Gasteiger partial charge >= 0.3 is 0 Å². The van der Waals surface area contributed by atoms with Crippen molar-refractivity contribution in [3.05, 3.63) is 101 Å². The van der Waals surface area contributed by atoms with Gasteiger partial charge in [-0.25, -0.2) is 18.2 Å². The summed E-state index contributed by atoms with van der Waals surface area (Å²) in [6.07, 6.45) is 5.67. The molecule has 35 heavy (non-hydrogen) atoms. The number of imidazole rings is 1. The zero-order valence-electron chi connectivity index (χ0n) is 18.4. The van der Waals surface area contributed by atoms with Gasteiger partial charge in [0, 0.05) is 42.4 Å². The molecule has 5 aromatic rings. The summed E-state index contributed by atoms with van der Waals surface area (Å²) >= 11 is 0. The first-order valence-electron chi connectivity index (χ1n) is 11.0. The quantitative estimate of drug-likeness (QED) is 0.252. The smallest absolute Gasteiger partial charge is 0.199 e. The Labute approximate surface area is 198 Å². The van der Waals surface area contributed by atoms with Gasteiger partial charge in [0.25, 0.3) is 0 Å². The Morgan fingerprint density at radius 3 is 2.69 bits per heavy atom. The summed E-state index contributed by atoms with van der Waals surface area (Å²) in [5.41, 5.74) is 3.25. The first-order valence-corrected chi connectivity index (χ1v) is 11.0. The molecule has 2 aromatic heterocycles. The van der Waals surface area contributed by atoms with Gasteiger partial charge in [0.2, 0.25) is 0 Å². The van der Waals surface area contributed by atoms with E-state index in [1.54, 1.807) is 6.20 Å². The molecule has 0 saturated heterocycles. The predicted molar refractivity (Wildman–Crippen MR) is 126 cm³/mol. The molecular formula is C27H20F3N3O2. The van der Waals surface area contributed by atoms with Crippen LogP contribution in [0.3, 0.4) is 0 Å². The molecule has 0 atom stereocenters. The molecule has 176 valence electrons. The standard InChI is InChI=1S/C27H20F3N3O2/c28-22-7-6-19(35-26-23(29)14-24-20(25(26)30)8-9-31-24)13-21(22)27-32-15-18(33-27)12-17-4-1-3-16(11-17)5-2-10-34/h1,3-4,6-11,13-15,31H,2,5,12H2,(H,32,33). The largest absolute Gasteiger partial charge is 0.451 e. The molecule has 2 N–H and O–H groups in total. The highest BCUT2D eigenvalue weighted by Gasteiger charge is 2.18. The topological polar surface area (TPSA) is 70.8 Å². The molecular weight excluding hydrogens is 455 g/mol. The summed E-state index contributed by atoms with van der Waals surface area (Å²) < 4.78 is 49.3. The van der Waals surface area contributed by atoms with Crippen LogP contribution in [-0.4, -0.2) is 21.2 Å². The number of rotatable bonds is 8. The van der Waals surface area contributed by atoms with Crippen molar-refractivity contribution in [2.24, 2.45) is 0 Å². The summed E-state index contributed by atoms with van der Waals surface area (Å²) in [5, 5.41) is 0.189. The molecule has 0 bridgehead atoms. The second-order valence-electron chi connectivity index (χ2n) is 8.14. The number of hydrogen-bond acceptors (Lipinski definition) is 3. The van der Waals surface area contributed by atoms with Crippen molar-refractivity contribution in [3.8, 4) is 22.9 Å². The fourth-order valence-electron chi connectivity index (χ4n) is 4.00. The molecule has 0 radical (unpaired) electrons. The number of nitrogens with zero attached hydrogens (tertiary/aromatic N) is 1. The van der Waals surface area contributed by atoms with Crippen molar-refractivity contribution < 1.29 is 22.7 Å². The molecule has 0 unspecified atom stereocenters. The Morgan fingerprint density at radius 2 is 1.83 bits per heavy atom. The minimum absolute atomic E-state index is 0.0647. The van der Waals surface area contributed by atoms with E-state index in [9.17, 15) is 18.0 Å². The maximum Gasteiger partial charge on any atom is 0.199 e. The van der Waals surface area contributed by atoms with Gasteiger partial charge in [0.15, 0.2) is 17.4 Å². The maximum atomic E-state index is 14.8. The van der Waals surface area contributed by atoms with Gasteiger partial charge in [-0.2, -0.15) is 0 Å². The number of ether oxygens (including phenoxy) is 1. The molecule has 2 heterocycles. The van der Waals surface area contributed by atoms with E-state index in [-0.39, 0.29) is 22.5 Å². The van der Waals surface area contributed by atoms with Crippen LogP contribution in [0.25, 0.3) is 22.3 Å². The van der Waals surface area contributed by atoms with E-state index in [1.165, 1.54) is 24.4 Å². The van der Waals surface area contributed by atoms with Crippen molar-refractivity contribution >= 4 is 17.2 Å². The lowest BCUT2D eigenvalue weighted by Crippen LogP contribution is -1.95. The number of aromatic amines is 2. The highest BCUT2D eigenvalue weighted by molar-refractivity contribution is 5.82. The Balaban J connectivity index is 1.39. The van der Waals surface area contributed by atoms with Crippen LogP contribution < -0.4 is 4.74 Å². The van der Waals surface area contributed by atoms with Crippen molar-refractivity contribution in [2.45, 2.75) is 19.3 Å². The minimum Gasteiger partial charge on any atom is -0.451 e. The third-order valence-electron chi connectivity index (χ3n) is 5.68. The number of H-pyrrole nitrogens is 2. The molecule has 0 fully saturated rings. The molecule has 5 rings (SSSR count). The number of aromatic nitrogens is 3. The van der Waals surface area contributed by atoms with Crippen LogP contribution in [0.5, 0.6) is 11.5 Å². The van der Waals surface area contributed by atoms with Crippen LogP contribution in [0.4, 0.5) is 13.2 Å². The van der Waals surface area contributed by atoms with Crippen LogP contribution in [0, 0.1) is 17.5 Å². The zero-order chi connectivity index (χ0) is 24.4. The van der Waals surface area contributed by atoms with E-state index in [2.05, 4.69) is 15.0 Å². The lowest BCUT2D eigenvalue weighted by atomic mass is 10.0. The minimum atomic E-state index is -0.876. The average Bonchev–Trinajstić information content (AvgIpc) is 3.51. The van der Waals surface area contributed by atoms with Crippen molar-refractivity contribution in [1.29, 1.82) is 0 Å². The number of halogens is 3. The number of benzene rings is 3. The van der Waals surface area contributed by atoms with Gasteiger partial charge < -0.3 is 19.5 Å². The van der Waals surface area contributed by atoms with Crippen LogP contribution >= 0.6 is 0 Å². The van der Waals surface area contributed by atoms with Crippen molar-refractivity contribution in [3.63, 3.8) is 0 Å². The Morgan fingerprint density at radius 1 is 0.971 bits per heavy atom. The first kappa shape index (κ1) is 22.5. The van der Waals surface area contributed by atoms with Crippen molar-refractivity contribution in [2.75, 3.05) is 0 Å². The SMILES string of the molecule is O=CCCc1cccc(Cc2cnc(-c3cc(Oc4c(F)cc5[nH]ccc5c4F)ccc3F)[nH]2)c1. The number of carbonyl (C=O) groups is 1. The van der Waals surface area contributed by atoms with Gasteiger partial charge in [-0.1, -0.05) is 24.3 Å². The molecule has 8 heteroatoms. The first-order chi connectivity index (χ1) is 17.0. The van der Waals surface area contributed by atoms with E-state index >= 15 is 0 Å². The number of hydrogen-bond donors (Lipinski definition) is 2. The summed E-state index contributed by atoms with van der Waals surface area (Å²) in [4.78, 5) is 20.8. The van der Waals surface area contributed by atoms with Gasteiger partial charge in [-0.3, -0.25) is 0 Å². The molecule has 0 saturated carbocycles. The van der Waals surface area contributed by atoms with Gasteiger partial charge in [0.05, 0.1) is 11.1 Å². The second-order valence-corrected chi connectivity index (χ2v) is 8.14. The van der Waals surface area contributed by atoms with Crippen LogP contribution in [0.2, 0.25) is 0 Å². The summed E-state index contributed by atoms with van der Waals surface area (Å²) in [6, 6.07) is 14.3. The van der Waals surface area contributed by atoms with E-state index in [0.717, 1.165) is 35.2 Å². The third kappa shape index (κ3) is 4.68. The van der Waals surface area contributed by atoms with E-state index in [4.69, 9.17) is 4.74 Å². The highest BCUT2D eigenvalue weighted by atomic mass is 19.1. The van der Waals surface area contributed by atoms with Crippen LogP contribution in [-0.2, 0) is 17.6 Å². The molecule has 0 aliphatic heterocycles. The Hall–Kier alpha value is -4.33. The normalized spacial score (nSPS) is 11.2. The van der Waals surface area contributed by atoms with Crippen LogP contribution in [0.1, 0.15) is 23.2 Å². The zero-order valence-corrected chi connectivity index (χ0v) is 18.4. The van der Waals surface area contributed by atoms with Gasteiger partial charge in [0.1, 0.15) is 23.7 Å². The monoisotopic (exact) mass is 475 g/mol. The average molecular weight is 475 g/mol. The second kappa shape index (κ2) is 9.50. The molecule has 3 aromatic carbocycles. The number of fused-ring (bicyclic) bond motifs is 1. The van der Waals surface area contributed by atoms with E-state index in [1.807, 2.05) is 24.3 Å². The highest BCUT2D eigenvalue weighted by Crippen LogP contribution is 2.34. The van der Waals surface area contributed by atoms with Crippen LogP contribution in [0.15, 0.2) is 67.0 Å². The summed E-state index contributed by atoms with van der Waals surface area (Å²) in [6.45, 7) is 0. The van der Waals surface area contributed by atoms with Crippen molar-refractivity contribution in [1.82, 2.24) is 15.0 Å².